The van der Waals surface area contributed by atoms with E-state index in [9.17, 15) is 0 Å². The highest BCUT2D eigenvalue weighted by Gasteiger charge is 2.40. The van der Waals surface area contributed by atoms with E-state index in [0.29, 0.717) is 11.9 Å². The minimum atomic E-state index is 0.512. The zero-order valence-electron chi connectivity index (χ0n) is 12.5. The SMILES string of the molecule is CNC(Cc1cccnc1N)C1CC2CCC(C1)N2C. The lowest BCUT2D eigenvalue weighted by Gasteiger charge is -2.40. The Kier molecular flexibility index (Phi) is 3.94. The van der Waals surface area contributed by atoms with Crippen molar-refractivity contribution in [2.45, 2.75) is 50.2 Å². The third-order valence-electron chi connectivity index (χ3n) is 5.44. The average Bonchev–Trinajstić information content (AvgIpc) is 2.67. The number of fused-ring (bicyclic) bond motifs is 2. The zero-order valence-corrected chi connectivity index (χ0v) is 12.5. The van der Waals surface area contributed by atoms with E-state index < -0.39 is 0 Å². The third-order valence-corrected chi connectivity index (χ3v) is 5.44. The van der Waals surface area contributed by atoms with Gasteiger partial charge in [-0.25, -0.2) is 4.98 Å². The number of nitrogens with two attached hydrogens (primary N) is 1. The molecule has 0 amide bonds. The maximum absolute atomic E-state index is 5.99. The molecule has 0 spiro atoms. The van der Waals surface area contributed by atoms with Gasteiger partial charge in [0.1, 0.15) is 5.82 Å². The second-order valence-corrected chi connectivity index (χ2v) is 6.43. The molecule has 0 radical (unpaired) electrons. The Bertz CT molecular complexity index is 448. The van der Waals surface area contributed by atoms with Gasteiger partial charge >= 0.3 is 0 Å². The van der Waals surface area contributed by atoms with Crippen LogP contribution in [0.15, 0.2) is 18.3 Å². The monoisotopic (exact) mass is 274 g/mol. The Labute approximate surface area is 121 Å². The molecule has 0 aromatic carbocycles. The normalized spacial score (nSPS) is 31.4. The molecule has 4 nitrogen and oxygen atoms in total. The molecule has 3 heterocycles. The molecule has 1 aromatic rings. The molecule has 0 aliphatic carbocycles. The molecule has 20 heavy (non-hydrogen) atoms. The van der Waals surface area contributed by atoms with Gasteiger partial charge < -0.3 is 16.0 Å². The predicted octanol–water partition coefficient (Wildman–Crippen LogP) is 1.67. The highest BCUT2D eigenvalue weighted by Crippen LogP contribution is 2.39. The standard InChI is InChI=1S/C16H26N4/c1-18-15(10-11-4-3-7-19-16(11)17)12-8-13-5-6-14(9-12)20(13)2/h3-4,7,12-15,18H,5-6,8-10H2,1-2H3,(H2,17,19). The van der Waals surface area contributed by atoms with Crippen molar-refractivity contribution in [3.05, 3.63) is 23.9 Å². The van der Waals surface area contributed by atoms with Gasteiger partial charge in [-0.05, 0) is 63.7 Å². The van der Waals surface area contributed by atoms with Crippen molar-refractivity contribution in [1.82, 2.24) is 15.2 Å². The number of aromatic nitrogens is 1. The van der Waals surface area contributed by atoms with Crippen LogP contribution < -0.4 is 11.1 Å². The summed E-state index contributed by atoms with van der Waals surface area (Å²) in [5, 5.41) is 3.53. The van der Waals surface area contributed by atoms with Gasteiger partial charge in [0.25, 0.3) is 0 Å². The maximum Gasteiger partial charge on any atom is 0.126 e. The van der Waals surface area contributed by atoms with Crippen molar-refractivity contribution in [3.8, 4) is 0 Å². The van der Waals surface area contributed by atoms with Crippen LogP contribution in [0.2, 0.25) is 0 Å². The highest BCUT2D eigenvalue weighted by molar-refractivity contribution is 5.39. The van der Waals surface area contributed by atoms with Gasteiger partial charge in [0.2, 0.25) is 0 Å². The molecule has 2 aliphatic heterocycles. The number of hydrogen-bond donors (Lipinski definition) is 2. The topological polar surface area (TPSA) is 54.2 Å². The fourth-order valence-electron chi connectivity index (χ4n) is 4.15. The summed E-state index contributed by atoms with van der Waals surface area (Å²) in [7, 11) is 4.38. The lowest BCUT2D eigenvalue weighted by Crippen LogP contribution is -2.47. The van der Waals surface area contributed by atoms with E-state index >= 15 is 0 Å². The Balaban J connectivity index is 1.70. The molecular weight excluding hydrogens is 248 g/mol. The molecule has 2 fully saturated rings. The first-order chi connectivity index (χ1) is 9.69. The lowest BCUT2D eigenvalue weighted by molar-refractivity contribution is 0.114. The van der Waals surface area contributed by atoms with Crippen LogP contribution in [-0.2, 0) is 6.42 Å². The summed E-state index contributed by atoms with van der Waals surface area (Å²) in [4.78, 5) is 6.81. The third kappa shape index (κ3) is 2.54. The smallest absolute Gasteiger partial charge is 0.126 e. The van der Waals surface area contributed by atoms with Crippen molar-refractivity contribution in [3.63, 3.8) is 0 Å². The van der Waals surface area contributed by atoms with E-state index in [2.05, 4.69) is 35.4 Å². The van der Waals surface area contributed by atoms with Gasteiger partial charge in [-0.1, -0.05) is 6.07 Å². The zero-order chi connectivity index (χ0) is 14.1. The van der Waals surface area contributed by atoms with E-state index in [1.165, 1.54) is 31.2 Å². The molecule has 2 bridgehead atoms. The van der Waals surface area contributed by atoms with E-state index in [1.54, 1.807) is 6.20 Å². The Morgan fingerprint density at radius 2 is 2.10 bits per heavy atom. The molecule has 2 aliphatic rings. The van der Waals surface area contributed by atoms with Gasteiger partial charge in [-0.15, -0.1) is 0 Å². The van der Waals surface area contributed by atoms with Crippen molar-refractivity contribution < 1.29 is 0 Å². The van der Waals surface area contributed by atoms with Crippen LogP contribution >= 0.6 is 0 Å². The van der Waals surface area contributed by atoms with Crippen LogP contribution in [0.5, 0.6) is 0 Å². The van der Waals surface area contributed by atoms with Crippen LogP contribution in [0.3, 0.4) is 0 Å². The van der Waals surface area contributed by atoms with Gasteiger partial charge in [0.15, 0.2) is 0 Å². The number of nitrogens with one attached hydrogen (secondary N) is 1. The van der Waals surface area contributed by atoms with Gasteiger partial charge in [0, 0.05) is 24.3 Å². The number of rotatable bonds is 4. The Hall–Kier alpha value is -1.13. The highest BCUT2D eigenvalue weighted by atomic mass is 15.2. The summed E-state index contributed by atoms with van der Waals surface area (Å²) in [5.74, 6) is 1.44. The summed E-state index contributed by atoms with van der Waals surface area (Å²) in [6.07, 6.45) is 8.15. The Morgan fingerprint density at radius 1 is 1.40 bits per heavy atom. The fraction of sp³-hybridized carbons (Fsp3) is 0.688. The van der Waals surface area contributed by atoms with Crippen molar-refractivity contribution in [2.75, 3.05) is 19.8 Å². The molecule has 3 N–H and O–H groups in total. The summed E-state index contributed by atoms with van der Waals surface area (Å²) in [5.41, 5.74) is 7.17. The number of nitrogen functional groups attached to an aromatic ring is 1. The van der Waals surface area contributed by atoms with Crippen molar-refractivity contribution >= 4 is 5.82 Å². The first kappa shape index (κ1) is 13.8. The van der Waals surface area contributed by atoms with Crippen LogP contribution in [0, 0.1) is 5.92 Å². The van der Waals surface area contributed by atoms with E-state index in [-0.39, 0.29) is 0 Å². The van der Waals surface area contributed by atoms with E-state index in [4.69, 9.17) is 5.73 Å². The average molecular weight is 274 g/mol. The van der Waals surface area contributed by atoms with Crippen molar-refractivity contribution in [1.29, 1.82) is 0 Å². The molecule has 110 valence electrons. The first-order valence-corrected chi connectivity index (χ1v) is 7.77. The molecule has 3 rings (SSSR count). The lowest BCUT2D eigenvalue weighted by atomic mass is 9.82. The number of nitrogens with zero attached hydrogens (tertiary/aromatic N) is 2. The van der Waals surface area contributed by atoms with Crippen LogP contribution in [0.1, 0.15) is 31.2 Å². The number of piperidine rings is 1. The van der Waals surface area contributed by atoms with Crippen LogP contribution in [0.25, 0.3) is 0 Å². The predicted molar refractivity (Wildman–Crippen MR) is 82.5 cm³/mol. The quantitative estimate of drug-likeness (QED) is 0.877. The molecule has 4 heteroatoms. The van der Waals surface area contributed by atoms with Crippen molar-refractivity contribution in [2.24, 2.45) is 5.92 Å². The molecule has 2 saturated heterocycles. The fourth-order valence-corrected chi connectivity index (χ4v) is 4.15. The maximum atomic E-state index is 5.99. The molecule has 3 atom stereocenters. The van der Waals surface area contributed by atoms with Gasteiger partial charge in [-0.2, -0.15) is 0 Å². The minimum absolute atomic E-state index is 0.512. The van der Waals surface area contributed by atoms with E-state index in [0.717, 1.165) is 24.4 Å². The molecule has 0 saturated carbocycles. The summed E-state index contributed by atoms with van der Waals surface area (Å²) >= 11 is 0. The second-order valence-electron chi connectivity index (χ2n) is 6.43. The number of anilines is 1. The largest absolute Gasteiger partial charge is 0.383 e. The number of pyridine rings is 1. The second kappa shape index (κ2) is 5.70. The molecule has 3 unspecified atom stereocenters. The van der Waals surface area contributed by atoms with Crippen LogP contribution in [0.4, 0.5) is 5.82 Å². The summed E-state index contributed by atoms with van der Waals surface area (Å²) in [6, 6.07) is 6.19. The Morgan fingerprint density at radius 3 is 2.70 bits per heavy atom. The summed E-state index contributed by atoms with van der Waals surface area (Å²) < 4.78 is 0. The van der Waals surface area contributed by atoms with Crippen LogP contribution in [-0.4, -0.2) is 42.1 Å². The number of likely N-dealkylation sites (N-methyl/N-ethyl adjacent to an activating group) is 1. The van der Waals surface area contributed by atoms with E-state index in [1.807, 2.05) is 6.07 Å². The first-order valence-electron chi connectivity index (χ1n) is 7.77. The molecule has 1 aromatic heterocycles. The minimum Gasteiger partial charge on any atom is -0.383 e. The molecular formula is C16H26N4. The van der Waals surface area contributed by atoms with Gasteiger partial charge in [0.05, 0.1) is 0 Å². The number of hydrogen-bond acceptors (Lipinski definition) is 4. The summed E-state index contributed by atoms with van der Waals surface area (Å²) in [6.45, 7) is 0. The van der Waals surface area contributed by atoms with Gasteiger partial charge in [-0.3, -0.25) is 0 Å².